The smallest absolute Gasteiger partial charge is 0.174 e. The molecule has 3 rings (SSSR count). The molecule has 0 aliphatic heterocycles. The van der Waals surface area contributed by atoms with Crippen LogP contribution in [0.15, 0.2) is 60.2 Å². The van der Waals surface area contributed by atoms with Gasteiger partial charge in [0, 0.05) is 10.6 Å². The number of rotatable bonds is 1. The molecule has 19 heavy (non-hydrogen) atoms. The molecule has 0 saturated heterocycles. The quantitative estimate of drug-likeness (QED) is 0.734. The van der Waals surface area contributed by atoms with E-state index < -0.39 is 11.8 Å². The lowest BCUT2D eigenvalue weighted by Crippen LogP contribution is -2.16. The molecular weight excluding hydrogens is 260 g/mol. The number of ketones is 2. The third kappa shape index (κ3) is 1.80. The van der Waals surface area contributed by atoms with Crippen molar-refractivity contribution in [3.05, 3.63) is 70.8 Å². The second-order valence-corrected chi connectivity index (χ2v) is 5.18. The summed E-state index contributed by atoms with van der Waals surface area (Å²) in [5, 5.41) is 0.587. The van der Waals surface area contributed by atoms with E-state index in [-0.39, 0.29) is 11.6 Å². The van der Waals surface area contributed by atoms with Gasteiger partial charge in [-0.3, -0.25) is 9.59 Å². The van der Waals surface area contributed by atoms with Gasteiger partial charge in [0.1, 0.15) is 5.92 Å². The Balaban J connectivity index is 2.06. The number of carbonyl (C=O) groups is 2. The summed E-state index contributed by atoms with van der Waals surface area (Å²) in [5.41, 5.74) is 1.94. The van der Waals surface area contributed by atoms with Crippen LogP contribution in [0.25, 0.3) is 0 Å². The van der Waals surface area contributed by atoms with E-state index in [0.29, 0.717) is 21.7 Å². The molecule has 0 radical (unpaired) electrons. The number of benzene rings is 1. The number of carbonyl (C=O) groups excluding carboxylic acids is 2. The van der Waals surface area contributed by atoms with Crippen LogP contribution in [-0.4, -0.2) is 11.6 Å². The predicted molar refractivity (Wildman–Crippen MR) is 74.1 cm³/mol. The first kappa shape index (κ1) is 12.1. The number of Topliss-reactive ketones (excluding diaryl/α,β-unsaturated/α-hetero) is 2. The van der Waals surface area contributed by atoms with Gasteiger partial charge < -0.3 is 0 Å². The molecule has 1 aromatic rings. The molecule has 94 valence electrons. The first-order chi connectivity index (χ1) is 9.09. The van der Waals surface area contributed by atoms with Crippen molar-refractivity contribution in [1.29, 1.82) is 0 Å². The molecule has 0 spiro atoms. The van der Waals surface area contributed by atoms with Crippen molar-refractivity contribution in [3.8, 4) is 0 Å². The average Bonchev–Trinajstić information content (AvgIpc) is 2.65. The molecule has 0 amide bonds. The van der Waals surface area contributed by atoms with Crippen LogP contribution in [0.3, 0.4) is 0 Å². The molecule has 2 aliphatic carbocycles. The van der Waals surface area contributed by atoms with E-state index in [1.54, 1.807) is 42.5 Å². The van der Waals surface area contributed by atoms with Crippen LogP contribution in [-0.2, 0) is 9.59 Å². The van der Waals surface area contributed by atoms with Crippen molar-refractivity contribution in [2.75, 3.05) is 0 Å². The van der Waals surface area contributed by atoms with Crippen LogP contribution in [0, 0.1) is 5.92 Å². The molecule has 2 unspecified atom stereocenters. The van der Waals surface area contributed by atoms with Crippen LogP contribution >= 0.6 is 11.6 Å². The number of allylic oxidation sites excluding steroid dienone is 5. The van der Waals surface area contributed by atoms with Gasteiger partial charge in [0.05, 0.1) is 5.92 Å². The maximum Gasteiger partial charge on any atom is 0.174 e. The van der Waals surface area contributed by atoms with Gasteiger partial charge >= 0.3 is 0 Å². The highest BCUT2D eigenvalue weighted by molar-refractivity contribution is 6.30. The standard InChI is InChI=1S/C16H11ClO2/c1-9-3-2-4-12-13(9)16(19)14(15(12)18)10-5-7-11(17)8-6-10/h2-8,13-14H,1H2. The topological polar surface area (TPSA) is 34.1 Å². The van der Waals surface area contributed by atoms with Gasteiger partial charge in [0.2, 0.25) is 0 Å². The highest BCUT2D eigenvalue weighted by Gasteiger charge is 2.47. The van der Waals surface area contributed by atoms with E-state index in [4.69, 9.17) is 11.6 Å². The lowest BCUT2D eigenvalue weighted by molar-refractivity contribution is -0.124. The van der Waals surface area contributed by atoms with E-state index in [1.165, 1.54) is 0 Å². The van der Waals surface area contributed by atoms with Gasteiger partial charge in [-0.25, -0.2) is 0 Å². The van der Waals surface area contributed by atoms with Crippen molar-refractivity contribution in [2.45, 2.75) is 5.92 Å². The van der Waals surface area contributed by atoms with Crippen LogP contribution < -0.4 is 0 Å². The van der Waals surface area contributed by atoms with Crippen molar-refractivity contribution >= 4 is 23.2 Å². The minimum atomic E-state index is -0.717. The second kappa shape index (κ2) is 4.32. The number of fused-ring (bicyclic) bond motifs is 1. The van der Waals surface area contributed by atoms with E-state index >= 15 is 0 Å². The second-order valence-electron chi connectivity index (χ2n) is 4.74. The number of hydrogen-bond acceptors (Lipinski definition) is 2. The highest BCUT2D eigenvalue weighted by atomic mass is 35.5. The Morgan fingerprint density at radius 2 is 1.74 bits per heavy atom. The summed E-state index contributed by atoms with van der Waals surface area (Å²) in [4.78, 5) is 24.8. The van der Waals surface area contributed by atoms with E-state index in [1.807, 2.05) is 0 Å². The normalized spacial score (nSPS) is 25.5. The zero-order valence-electron chi connectivity index (χ0n) is 10.1. The van der Waals surface area contributed by atoms with Crippen LogP contribution in [0.1, 0.15) is 11.5 Å². The Morgan fingerprint density at radius 3 is 2.37 bits per heavy atom. The molecule has 0 bridgehead atoms. The molecule has 3 heteroatoms. The van der Waals surface area contributed by atoms with Gasteiger partial charge in [0.25, 0.3) is 0 Å². The predicted octanol–water partition coefficient (Wildman–Crippen LogP) is 3.24. The third-order valence-corrected chi connectivity index (χ3v) is 3.84. The molecule has 2 aliphatic rings. The minimum absolute atomic E-state index is 0.0899. The lowest BCUT2D eigenvalue weighted by Gasteiger charge is -2.12. The monoisotopic (exact) mass is 270 g/mol. The number of hydrogen-bond donors (Lipinski definition) is 0. The Labute approximate surface area is 116 Å². The molecule has 1 aromatic carbocycles. The largest absolute Gasteiger partial charge is 0.297 e. The molecule has 0 N–H and O–H groups in total. The molecule has 0 heterocycles. The average molecular weight is 271 g/mol. The number of halogens is 1. The molecular formula is C16H11ClO2. The summed E-state index contributed by atoms with van der Waals surface area (Å²) >= 11 is 5.83. The third-order valence-electron chi connectivity index (χ3n) is 3.59. The van der Waals surface area contributed by atoms with Gasteiger partial charge in [0.15, 0.2) is 11.6 Å². The fourth-order valence-corrected chi connectivity index (χ4v) is 2.79. The zero-order valence-corrected chi connectivity index (χ0v) is 10.9. The van der Waals surface area contributed by atoms with Crippen LogP contribution in [0.4, 0.5) is 0 Å². The molecule has 1 fully saturated rings. The molecule has 1 saturated carbocycles. The fourth-order valence-electron chi connectivity index (χ4n) is 2.66. The minimum Gasteiger partial charge on any atom is -0.297 e. The van der Waals surface area contributed by atoms with Crippen LogP contribution in [0.2, 0.25) is 5.02 Å². The van der Waals surface area contributed by atoms with Gasteiger partial charge in [-0.1, -0.05) is 48.5 Å². The summed E-state index contributed by atoms with van der Waals surface area (Å²) in [5.74, 6) is -1.40. The molecule has 2 atom stereocenters. The van der Waals surface area contributed by atoms with Crippen molar-refractivity contribution in [3.63, 3.8) is 0 Å². The highest BCUT2D eigenvalue weighted by Crippen LogP contribution is 2.41. The maximum absolute atomic E-state index is 12.5. The van der Waals surface area contributed by atoms with Crippen molar-refractivity contribution < 1.29 is 9.59 Å². The zero-order chi connectivity index (χ0) is 13.6. The molecule has 0 aromatic heterocycles. The van der Waals surface area contributed by atoms with Gasteiger partial charge in [-0.2, -0.15) is 0 Å². The SMILES string of the molecule is C=C1C=CC=C2C(=O)C(c3ccc(Cl)cc3)C(=O)C12. The first-order valence-corrected chi connectivity index (χ1v) is 6.38. The summed E-state index contributed by atoms with van der Waals surface area (Å²) in [7, 11) is 0. The van der Waals surface area contributed by atoms with E-state index in [9.17, 15) is 9.59 Å². The van der Waals surface area contributed by atoms with E-state index in [0.717, 1.165) is 0 Å². The lowest BCUT2D eigenvalue weighted by atomic mass is 9.89. The Hall–Kier alpha value is -1.93. The first-order valence-electron chi connectivity index (χ1n) is 6.00. The van der Waals surface area contributed by atoms with Crippen LogP contribution in [0.5, 0.6) is 0 Å². The summed E-state index contributed by atoms with van der Waals surface area (Å²) < 4.78 is 0. The summed E-state index contributed by atoms with van der Waals surface area (Å²) in [6.45, 7) is 3.86. The van der Waals surface area contributed by atoms with E-state index in [2.05, 4.69) is 6.58 Å². The Kier molecular flexibility index (Phi) is 2.76. The molecule has 2 nitrogen and oxygen atoms in total. The summed E-state index contributed by atoms with van der Waals surface area (Å²) in [6, 6.07) is 6.86. The Morgan fingerprint density at radius 1 is 1.05 bits per heavy atom. The Bertz CT molecular complexity index is 650. The van der Waals surface area contributed by atoms with Gasteiger partial charge in [-0.15, -0.1) is 0 Å². The summed E-state index contributed by atoms with van der Waals surface area (Å²) in [6.07, 6.45) is 5.27. The maximum atomic E-state index is 12.5. The fraction of sp³-hybridized carbons (Fsp3) is 0.125. The van der Waals surface area contributed by atoms with Crippen molar-refractivity contribution in [1.82, 2.24) is 0 Å². The van der Waals surface area contributed by atoms with Gasteiger partial charge in [-0.05, 0) is 23.3 Å². The van der Waals surface area contributed by atoms with Crippen molar-refractivity contribution in [2.24, 2.45) is 5.92 Å².